The molecule has 282 valence electrons. The third-order valence-electron chi connectivity index (χ3n) is 12.2. The number of hydrogen-bond donors (Lipinski definition) is 7. The number of benzene rings is 1. The summed E-state index contributed by atoms with van der Waals surface area (Å²) in [6.45, 7) is 2.25. The first-order valence-electron chi connectivity index (χ1n) is 18.8. The van der Waals surface area contributed by atoms with Gasteiger partial charge >= 0.3 is 6.03 Å². The van der Waals surface area contributed by atoms with Crippen LogP contribution in [-0.4, -0.2) is 81.5 Å². The number of oxime groups is 1. The van der Waals surface area contributed by atoms with E-state index in [1.165, 1.54) is 0 Å². The Kier molecular flexibility index (Phi) is 11.9. The van der Waals surface area contributed by atoms with Crippen molar-refractivity contribution in [2.45, 2.75) is 119 Å². The minimum absolute atomic E-state index is 0.0271. The molecule has 0 radical (unpaired) electrons. The number of rotatable bonds is 14. The molecule has 2 saturated carbocycles. The summed E-state index contributed by atoms with van der Waals surface area (Å²) in [7, 11) is 0. The average Bonchev–Trinajstić information content (AvgIpc) is 3.77. The van der Waals surface area contributed by atoms with Crippen LogP contribution in [0.25, 0.3) is 0 Å². The Morgan fingerprint density at radius 3 is 2.67 bits per heavy atom. The van der Waals surface area contributed by atoms with Gasteiger partial charge in [0, 0.05) is 41.4 Å². The topological polar surface area (TPSA) is 190 Å². The Morgan fingerprint density at radius 2 is 1.85 bits per heavy atom. The molecule has 6 rings (SSSR count). The van der Waals surface area contributed by atoms with Gasteiger partial charge < -0.3 is 31.0 Å². The zero-order chi connectivity index (χ0) is 36.9. The van der Waals surface area contributed by atoms with Crippen molar-refractivity contribution in [1.82, 2.24) is 26.8 Å². The molecular formula is C38H52N6O7S. The Labute approximate surface area is 309 Å². The number of amides is 5. The summed E-state index contributed by atoms with van der Waals surface area (Å²) < 4.78 is 0. The molecule has 5 amide bonds. The number of phenolic OH excluding ortho intramolecular Hbond substituents is 1. The normalized spacial score (nSPS) is 31.9. The minimum atomic E-state index is -1.14. The standard InChI is InChI=1S/C38H52N6O7S/c1-3-38(50)17-15-28-26-20-29(27-19-23(45)12-13-24(27)25(26)14-16-37(28,38)2)44-51-21-34(48)43-42-33(47)11-5-4-8-18-39-32(46)10-7-6-9-31-35-30(22-52-31)40-36(49)41-35/h1,12-13,19,25-26,28,30-31,35,45,50H,4-11,14-18,20-22H2,2H3,(H,39,46)(H,42,47)(H,43,48)(H2,40,41,49)/b44-29+/t25-,26-,28+,30+,31+,35+,37+,38+/m1/s1. The largest absolute Gasteiger partial charge is 0.508 e. The van der Waals surface area contributed by atoms with Gasteiger partial charge in [-0.1, -0.05) is 36.9 Å². The monoisotopic (exact) mass is 736 g/mol. The molecule has 4 fully saturated rings. The molecule has 0 spiro atoms. The second-order valence-electron chi connectivity index (χ2n) is 15.3. The average molecular weight is 737 g/mol. The molecule has 2 saturated heterocycles. The van der Waals surface area contributed by atoms with Crippen LogP contribution in [0, 0.1) is 29.6 Å². The lowest BCUT2D eigenvalue weighted by molar-refractivity contribution is -0.131. The summed E-state index contributed by atoms with van der Waals surface area (Å²) in [6, 6.07) is 5.64. The van der Waals surface area contributed by atoms with Crippen LogP contribution in [0.15, 0.2) is 23.4 Å². The van der Waals surface area contributed by atoms with Crippen LogP contribution in [0.5, 0.6) is 5.75 Å². The second-order valence-corrected chi connectivity index (χ2v) is 16.6. The number of phenols is 1. The van der Waals surface area contributed by atoms with Crippen molar-refractivity contribution in [2.24, 2.45) is 22.4 Å². The van der Waals surface area contributed by atoms with Gasteiger partial charge in [0.1, 0.15) is 11.4 Å². The summed E-state index contributed by atoms with van der Waals surface area (Å²) in [6.07, 6.45) is 15.0. The molecule has 52 heavy (non-hydrogen) atoms. The van der Waals surface area contributed by atoms with Gasteiger partial charge in [0.05, 0.1) is 17.8 Å². The van der Waals surface area contributed by atoms with Gasteiger partial charge in [-0.05, 0) is 93.2 Å². The van der Waals surface area contributed by atoms with E-state index >= 15 is 0 Å². The number of fused-ring (bicyclic) bond motifs is 6. The lowest BCUT2D eigenvalue weighted by Crippen LogP contribution is -2.50. The summed E-state index contributed by atoms with van der Waals surface area (Å²) >= 11 is 1.88. The first kappa shape index (κ1) is 37.8. The number of terminal acetylenes is 1. The predicted octanol–water partition coefficient (Wildman–Crippen LogP) is 3.34. The fourth-order valence-electron chi connectivity index (χ4n) is 9.33. The Morgan fingerprint density at radius 1 is 1.06 bits per heavy atom. The van der Waals surface area contributed by atoms with Crippen molar-refractivity contribution < 1.29 is 34.2 Å². The highest BCUT2D eigenvalue weighted by Crippen LogP contribution is 2.64. The van der Waals surface area contributed by atoms with Crippen LogP contribution in [0.3, 0.4) is 0 Å². The second kappa shape index (κ2) is 16.4. The number of aliphatic hydroxyl groups is 1. The molecule has 0 unspecified atom stereocenters. The number of thioether (sulfide) groups is 1. The van der Waals surface area contributed by atoms with Gasteiger partial charge in [0.2, 0.25) is 11.8 Å². The highest BCUT2D eigenvalue weighted by Gasteiger charge is 2.61. The van der Waals surface area contributed by atoms with Gasteiger partial charge in [-0.3, -0.25) is 25.2 Å². The number of aromatic hydroxyl groups is 1. The number of carbonyl (C=O) groups excluding carboxylic acids is 4. The number of nitrogens with one attached hydrogen (secondary N) is 5. The van der Waals surface area contributed by atoms with E-state index in [1.807, 2.05) is 17.8 Å². The molecule has 13 nitrogen and oxygen atoms in total. The maximum absolute atomic E-state index is 12.4. The zero-order valence-corrected chi connectivity index (χ0v) is 30.7. The van der Waals surface area contributed by atoms with Crippen molar-refractivity contribution in [1.29, 1.82) is 0 Å². The maximum Gasteiger partial charge on any atom is 0.315 e. The van der Waals surface area contributed by atoms with Crippen LogP contribution < -0.4 is 26.8 Å². The van der Waals surface area contributed by atoms with Crippen LogP contribution >= 0.6 is 11.8 Å². The van der Waals surface area contributed by atoms with Crippen molar-refractivity contribution in [3.05, 3.63) is 29.3 Å². The summed E-state index contributed by atoms with van der Waals surface area (Å²) in [5.41, 5.74) is 5.76. The van der Waals surface area contributed by atoms with E-state index in [0.29, 0.717) is 43.2 Å². The number of hydrogen-bond acceptors (Lipinski definition) is 9. The van der Waals surface area contributed by atoms with E-state index in [1.54, 1.807) is 12.1 Å². The SMILES string of the molecule is C#C[C@]1(O)CC[C@H]2[C@@H]3C/C(=N\OCC(=O)NNC(=O)CCCCCNC(=O)CCCC[C@@H]4SC[C@@H]5NC(=O)N[C@@H]54)c4cc(O)ccc4[C@H]3CC[C@@]21C. The molecule has 2 aliphatic heterocycles. The first-order chi connectivity index (χ1) is 25.0. The van der Waals surface area contributed by atoms with Crippen molar-refractivity contribution in [3.8, 4) is 18.1 Å². The van der Waals surface area contributed by atoms with Gasteiger partial charge in [-0.2, -0.15) is 11.8 Å². The minimum Gasteiger partial charge on any atom is -0.508 e. The Balaban J connectivity index is 0.850. The van der Waals surface area contributed by atoms with E-state index in [4.69, 9.17) is 11.3 Å². The lowest BCUT2D eigenvalue weighted by atomic mass is 9.53. The van der Waals surface area contributed by atoms with Crippen molar-refractivity contribution in [2.75, 3.05) is 18.9 Å². The highest BCUT2D eigenvalue weighted by atomic mass is 32.2. The number of hydrazine groups is 1. The molecular weight excluding hydrogens is 685 g/mol. The summed E-state index contributed by atoms with van der Waals surface area (Å²) in [5, 5.41) is 35.2. The maximum atomic E-state index is 12.4. The summed E-state index contributed by atoms with van der Waals surface area (Å²) in [5.74, 6) is 3.53. The quantitative estimate of drug-likeness (QED) is 0.0655. The van der Waals surface area contributed by atoms with E-state index < -0.39 is 23.5 Å². The van der Waals surface area contributed by atoms with Crippen LogP contribution in [0.1, 0.15) is 107 Å². The Hall–Kier alpha value is -3.96. The number of urea groups is 1. The third-order valence-corrected chi connectivity index (χ3v) is 13.7. The smallest absolute Gasteiger partial charge is 0.315 e. The van der Waals surface area contributed by atoms with Crippen molar-refractivity contribution in [3.63, 3.8) is 0 Å². The fraction of sp³-hybridized carbons (Fsp3) is 0.658. The van der Waals surface area contributed by atoms with Crippen LogP contribution in [0.4, 0.5) is 4.79 Å². The highest BCUT2D eigenvalue weighted by molar-refractivity contribution is 8.00. The van der Waals surface area contributed by atoms with Gasteiger partial charge in [0.15, 0.2) is 6.61 Å². The van der Waals surface area contributed by atoms with E-state index in [0.717, 1.165) is 68.2 Å². The van der Waals surface area contributed by atoms with E-state index in [9.17, 15) is 29.4 Å². The molecule has 8 atom stereocenters. The molecule has 3 aliphatic carbocycles. The van der Waals surface area contributed by atoms with Gasteiger partial charge in [0.25, 0.3) is 5.91 Å². The molecule has 0 aromatic heterocycles. The molecule has 5 aliphatic rings. The molecule has 0 bridgehead atoms. The van der Waals surface area contributed by atoms with E-state index in [-0.39, 0.29) is 59.9 Å². The fourth-order valence-corrected chi connectivity index (χ4v) is 10.9. The van der Waals surface area contributed by atoms with Gasteiger partial charge in [-0.25, -0.2) is 4.79 Å². The van der Waals surface area contributed by atoms with E-state index in [2.05, 4.69) is 44.8 Å². The zero-order valence-electron chi connectivity index (χ0n) is 29.9. The van der Waals surface area contributed by atoms with Crippen molar-refractivity contribution >= 4 is 41.2 Å². The molecule has 1 aromatic rings. The van der Waals surface area contributed by atoms with Crippen LogP contribution in [-0.2, 0) is 19.2 Å². The number of carbonyl (C=O) groups is 4. The molecule has 7 N–H and O–H groups in total. The Bertz CT molecular complexity index is 1600. The molecule has 2 heterocycles. The first-order valence-corrected chi connectivity index (χ1v) is 19.8. The number of nitrogens with zero attached hydrogens (tertiary/aromatic N) is 1. The van der Waals surface area contributed by atoms with Gasteiger partial charge in [-0.15, -0.1) is 6.42 Å². The molecule has 14 heteroatoms. The lowest BCUT2D eigenvalue weighted by Gasteiger charge is -2.52. The number of unbranched alkanes of at least 4 members (excludes halogenated alkanes) is 3. The molecule has 1 aromatic carbocycles. The predicted molar refractivity (Wildman–Crippen MR) is 197 cm³/mol. The van der Waals surface area contributed by atoms with Crippen LogP contribution in [0.2, 0.25) is 0 Å². The third kappa shape index (κ3) is 8.15. The summed E-state index contributed by atoms with van der Waals surface area (Å²) in [4.78, 5) is 53.9.